The lowest BCUT2D eigenvalue weighted by Gasteiger charge is -2.11. The predicted octanol–water partition coefficient (Wildman–Crippen LogP) is 4.63. The van der Waals surface area contributed by atoms with Gasteiger partial charge in [-0.3, -0.25) is 9.59 Å². The maximum atomic E-state index is 12.1. The Bertz CT molecular complexity index is 778. The number of benzene rings is 2. The molecular weight excluding hydrogens is 358 g/mol. The Kier molecular flexibility index (Phi) is 5.66. The minimum Gasteiger partial charge on any atom is -0.455 e. The largest absolute Gasteiger partial charge is 0.455 e. The van der Waals surface area contributed by atoms with E-state index in [9.17, 15) is 9.59 Å². The molecule has 1 fully saturated rings. The van der Waals surface area contributed by atoms with Crippen molar-refractivity contribution in [3.05, 3.63) is 53.6 Å². The second kappa shape index (κ2) is 7.93. The monoisotopic (exact) mass is 375 g/mol. The zero-order valence-electron chi connectivity index (χ0n) is 13.7. The highest BCUT2D eigenvalue weighted by Crippen LogP contribution is 2.38. The quantitative estimate of drug-likeness (QED) is 0.748. The fourth-order valence-corrected chi connectivity index (χ4v) is 3.40. The SMILES string of the molecule is C[C@H]1C[C@H]1C(=O)OCC(=O)Nc1ccccc1Sc1ccc(Cl)cc1. The van der Waals surface area contributed by atoms with E-state index in [4.69, 9.17) is 16.3 Å². The van der Waals surface area contributed by atoms with E-state index in [2.05, 4.69) is 5.32 Å². The molecular formula is C19H18ClNO3S. The average Bonchev–Trinajstić information content (AvgIpc) is 3.33. The van der Waals surface area contributed by atoms with Crippen LogP contribution in [0.1, 0.15) is 13.3 Å². The molecule has 0 spiro atoms. The van der Waals surface area contributed by atoms with E-state index >= 15 is 0 Å². The molecule has 1 aliphatic carbocycles. The van der Waals surface area contributed by atoms with Crippen molar-refractivity contribution < 1.29 is 14.3 Å². The van der Waals surface area contributed by atoms with Gasteiger partial charge in [0, 0.05) is 14.8 Å². The minimum atomic E-state index is -0.342. The van der Waals surface area contributed by atoms with Crippen LogP contribution in [0, 0.1) is 11.8 Å². The first-order valence-electron chi connectivity index (χ1n) is 8.02. The molecule has 1 amide bonds. The molecule has 1 N–H and O–H groups in total. The van der Waals surface area contributed by atoms with Crippen LogP contribution in [0.5, 0.6) is 0 Å². The number of anilines is 1. The van der Waals surface area contributed by atoms with Crippen molar-refractivity contribution in [3.63, 3.8) is 0 Å². The number of carbonyl (C=O) groups is 2. The Hall–Kier alpha value is -1.98. The van der Waals surface area contributed by atoms with Crippen molar-refractivity contribution in [1.82, 2.24) is 0 Å². The lowest BCUT2D eigenvalue weighted by Crippen LogP contribution is -2.22. The molecule has 0 radical (unpaired) electrons. The van der Waals surface area contributed by atoms with E-state index in [0.29, 0.717) is 16.6 Å². The molecule has 0 bridgehead atoms. The summed E-state index contributed by atoms with van der Waals surface area (Å²) in [6, 6.07) is 15.0. The molecule has 2 atom stereocenters. The third-order valence-electron chi connectivity index (χ3n) is 3.96. The summed E-state index contributed by atoms with van der Waals surface area (Å²) in [6.07, 6.45) is 0.848. The molecule has 4 nitrogen and oxygen atoms in total. The molecule has 3 rings (SSSR count). The molecule has 2 aromatic carbocycles. The van der Waals surface area contributed by atoms with E-state index in [0.717, 1.165) is 16.2 Å². The van der Waals surface area contributed by atoms with Crippen LogP contribution in [0.3, 0.4) is 0 Å². The first-order valence-corrected chi connectivity index (χ1v) is 9.21. The van der Waals surface area contributed by atoms with E-state index < -0.39 is 0 Å². The van der Waals surface area contributed by atoms with Gasteiger partial charge in [0.25, 0.3) is 5.91 Å². The van der Waals surface area contributed by atoms with Crippen molar-refractivity contribution >= 4 is 40.9 Å². The highest BCUT2D eigenvalue weighted by Gasteiger charge is 2.40. The molecule has 25 heavy (non-hydrogen) atoms. The zero-order valence-corrected chi connectivity index (χ0v) is 15.3. The van der Waals surface area contributed by atoms with Crippen LogP contribution in [0.25, 0.3) is 0 Å². The van der Waals surface area contributed by atoms with Gasteiger partial charge in [-0.25, -0.2) is 0 Å². The van der Waals surface area contributed by atoms with Gasteiger partial charge in [-0.2, -0.15) is 0 Å². The molecule has 0 aliphatic heterocycles. The molecule has 1 saturated carbocycles. The number of hydrogen-bond acceptors (Lipinski definition) is 4. The van der Waals surface area contributed by atoms with Gasteiger partial charge in [0.15, 0.2) is 6.61 Å². The van der Waals surface area contributed by atoms with Gasteiger partial charge in [0.05, 0.1) is 11.6 Å². The lowest BCUT2D eigenvalue weighted by atomic mass is 10.3. The summed E-state index contributed by atoms with van der Waals surface area (Å²) >= 11 is 7.43. The van der Waals surface area contributed by atoms with Gasteiger partial charge in [0.2, 0.25) is 0 Å². The number of nitrogens with one attached hydrogen (secondary N) is 1. The van der Waals surface area contributed by atoms with Crippen molar-refractivity contribution in [2.45, 2.75) is 23.1 Å². The molecule has 1 aliphatic rings. The number of amides is 1. The van der Waals surface area contributed by atoms with Crippen molar-refractivity contribution in [2.24, 2.45) is 11.8 Å². The standard InChI is InChI=1S/C19H18ClNO3S/c1-12-10-15(12)19(23)24-11-18(22)21-16-4-2-3-5-17(16)25-14-8-6-13(20)7-9-14/h2-9,12,15H,10-11H2,1H3,(H,21,22)/t12-,15+/m0/s1. The van der Waals surface area contributed by atoms with Gasteiger partial charge >= 0.3 is 5.97 Å². The topological polar surface area (TPSA) is 55.4 Å². The summed E-state index contributed by atoms with van der Waals surface area (Å²) in [5, 5.41) is 3.48. The van der Waals surface area contributed by atoms with Crippen LogP contribution >= 0.6 is 23.4 Å². The van der Waals surface area contributed by atoms with Crippen LogP contribution in [0.15, 0.2) is 58.3 Å². The van der Waals surface area contributed by atoms with Crippen LogP contribution in [-0.4, -0.2) is 18.5 Å². The van der Waals surface area contributed by atoms with Gasteiger partial charge in [-0.05, 0) is 48.7 Å². The summed E-state index contributed by atoms with van der Waals surface area (Å²) in [4.78, 5) is 25.7. The summed E-state index contributed by atoms with van der Waals surface area (Å²) in [7, 11) is 0. The van der Waals surface area contributed by atoms with E-state index in [1.165, 1.54) is 11.8 Å². The predicted molar refractivity (Wildman–Crippen MR) is 98.9 cm³/mol. The lowest BCUT2D eigenvalue weighted by molar-refractivity contribution is -0.148. The molecule has 0 saturated heterocycles. The Morgan fingerprint density at radius 2 is 1.88 bits per heavy atom. The van der Waals surface area contributed by atoms with Gasteiger partial charge in [-0.1, -0.05) is 42.4 Å². The number of rotatable bonds is 6. The summed E-state index contributed by atoms with van der Waals surface area (Å²) < 4.78 is 5.07. The van der Waals surface area contributed by atoms with Gasteiger partial charge < -0.3 is 10.1 Å². The number of halogens is 1. The Labute approximate surface area is 155 Å². The second-order valence-electron chi connectivity index (χ2n) is 6.03. The Morgan fingerprint density at radius 3 is 2.56 bits per heavy atom. The molecule has 130 valence electrons. The number of hydrogen-bond donors (Lipinski definition) is 1. The second-order valence-corrected chi connectivity index (χ2v) is 7.58. The fraction of sp³-hybridized carbons (Fsp3) is 0.263. The van der Waals surface area contributed by atoms with E-state index in [-0.39, 0.29) is 24.4 Å². The van der Waals surface area contributed by atoms with E-state index in [1.807, 2.05) is 55.5 Å². The number of carbonyl (C=O) groups excluding carboxylic acids is 2. The maximum Gasteiger partial charge on any atom is 0.309 e. The van der Waals surface area contributed by atoms with Crippen LogP contribution < -0.4 is 5.32 Å². The summed E-state index contributed by atoms with van der Waals surface area (Å²) in [5.74, 6) is -0.301. The average molecular weight is 376 g/mol. The van der Waals surface area contributed by atoms with Gasteiger partial charge in [0.1, 0.15) is 0 Å². The first-order chi connectivity index (χ1) is 12.0. The molecule has 0 unspecified atom stereocenters. The van der Waals surface area contributed by atoms with Crippen molar-refractivity contribution in [1.29, 1.82) is 0 Å². The normalized spacial score (nSPS) is 18.5. The maximum absolute atomic E-state index is 12.1. The van der Waals surface area contributed by atoms with Gasteiger partial charge in [-0.15, -0.1) is 0 Å². The summed E-state index contributed by atoms with van der Waals surface area (Å²) in [5.41, 5.74) is 0.684. The highest BCUT2D eigenvalue weighted by atomic mass is 35.5. The number of ether oxygens (including phenoxy) is 1. The van der Waals surface area contributed by atoms with Crippen LogP contribution in [-0.2, 0) is 14.3 Å². The first kappa shape index (κ1) is 17.8. The Balaban J connectivity index is 1.59. The zero-order chi connectivity index (χ0) is 17.8. The van der Waals surface area contributed by atoms with Crippen molar-refractivity contribution in [2.75, 3.05) is 11.9 Å². The van der Waals surface area contributed by atoms with Crippen molar-refractivity contribution in [3.8, 4) is 0 Å². The smallest absolute Gasteiger partial charge is 0.309 e. The third-order valence-corrected chi connectivity index (χ3v) is 5.30. The molecule has 6 heteroatoms. The molecule has 0 heterocycles. The molecule has 2 aromatic rings. The van der Waals surface area contributed by atoms with Crippen LogP contribution in [0.4, 0.5) is 5.69 Å². The highest BCUT2D eigenvalue weighted by molar-refractivity contribution is 7.99. The Morgan fingerprint density at radius 1 is 1.20 bits per heavy atom. The van der Waals surface area contributed by atoms with Crippen LogP contribution in [0.2, 0.25) is 5.02 Å². The molecule has 0 aromatic heterocycles. The number of esters is 1. The van der Waals surface area contributed by atoms with E-state index in [1.54, 1.807) is 0 Å². The summed E-state index contributed by atoms with van der Waals surface area (Å²) in [6.45, 7) is 1.73. The third kappa shape index (κ3) is 5.00. The minimum absolute atomic E-state index is 0.0412. The fourth-order valence-electron chi connectivity index (χ4n) is 2.37. The number of para-hydroxylation sites is 1.